The fraction of sp³-hybridized carbons (Fsp3) is 0.286. The van der Waals surface area contributed by atoms with E-state index < -0.39 is 5.82 Å². The molecule has 104 valence electrons. The summed E-state index contributed by atoms with van der Waals surface area (Å²) >= 11 is 0. The number of nitrogens with zero attached hydrogens (tertiary/aromatic N) is 2. The van der Waals surface area contributed by atoms with Crippen molar-refractivity contribution in [3.05, 3.63) is 35.1 Å². The second kappa shape index (κ2) is 5.72. The van der Waals surface area contributed by atoms with E-state index in [0.29, 0.717) is 5.56 Å². The summed E-state index contributed by atoms with van der Waals surface area (Å²) in [5.74, 6) is 4.47. The Balaban J connectivity index is 2.22. The number of rotatable bonds is 2. The second-order valence-electron chi connectivity index (χ2n) is 4.44. The maximum absolute atomic E-state index is 13.5. The quantitative estimate of drug-likeness (QED) is 0.632. The number of halogens is 1. The zero-order chi connectivity index (χ0) is 14.7. The van der Waals surface area contributed by atoms with Gasteiger partial charge in [0.15, 0.2) is 0 Å². The molecule has 0 spiro atoms. The van der Waals surface area contributed by atoms with E-state index in [1.54, 1.807) is 7.05 Å². The van der Waals surface area contributed by atoms with Crippen LogP contribution < -0.4 is 5.73 Å². The van der Waals surface area contributed by atoms with E-state index in [2.05, 4.69) is 11.8 Å². The molecule has 0 aromatic heterocycles. The van der Waals surface area contributed by atoms with Gasteiger partial charge in [0, 0.05) is 7.05 Å². The SMILES string of the molecule is CN1CC(=O)N(Cc2ccc(F)c(C#CCN)c2)C1=O. The highest BCUT2D eigenvalue weighted by Gasteiger charge is 2.33. The van der Waals surface area contributed by atoms with Gasteiger partial charge in [0.05, 0.1) is 18.7 Å². The third kappa shape index (κ3) is 2.78. The molecule has 0 unspecified atom stereocenters. The normalized spacial score (nSPS) is 14.6. The van der Waals surface area contributed by atoms with Crippen LogP contribution >= 0.6 is 0 Å². The minimum atomic E-state index is -0.453. The van der Waals surface area contributed by atoms with Crippen molar-refractivity contribution in [2.45, 2.75) is 6.54 Å². The van der Waals surface area contributed by atoms with E-state index in [0.717, 1.165) is 4.90 Å². The molecule has 1 aromatic rings. The monoisotopic (exact) mass is 275 g/mol. The van der Waals surface area contributed by atoms with Crippen LogP contribution in [0.2, 0.25) is 0 Å². The van der Waals surface area contributed by atoms with Gasteiger partial charge in [0.25, 0.3) is 5.91 Å². The summed E-state index contributed by atoms with van der Waals surface area (Å²) in [6.45, 7) is 0.316. The summed E-state index contributed by atoms with van der Waals surface area (Å²) in [7, 11) is 1.56. The van der Waals surface area contributed by atoms with Gasteiger partial charge in [-0.2, -0.15) is 0 Å². The van der Waals surface area contributed by atoms with Crippen molar-refractivity contribution in [2.75, 3.05) is 20.1 Å². The molecule has 1 aliphatic rings. The zero-order valence-corrected chi connectivity index (χ0v) is 11.0. The van der Waals surface area contributed by atoms with Crippen LogP contribution in [0.25, 0.3) is 0 Å². The smallest absolute Gasteiger partial charge is 0.320 e. The van der Waals surface area contributed by atoms with E-state index in [-0.39, 0.29) is 37.1 Å². The number of urea groups is 1. The molecule has 0 saturated carbocycles. The fourth-order valence-corrected chi connectivity index (χ4v) is 1.92. The molecule has 1 saturated heterocycles. The highest BCUT2D eigenvalue weighted by molar-refractivity contribution is 6.01. The number of hydrogen-bond donors (Lipinski definition) is 1. The fourth-order valence-electron chi connectivity index (χ4n) is 1.92. The van der Waals surface area contributed by atoms with E-state index in [1.165, 1.54) is 23.1 Å². The number of hydrogen-bond acceptors (Lipinski definition) is 3. The van der Waals surface area contributed by atoms with Gasteiger partial charge in [-0.15, -0.1) is 0 Å². The summed E-state index contributed by atoms with van der Waals surface area (Å²) in [6.07, 6.45) is 0. The molecular weight excluding hydrogens is 261 g/mol. The van der Waals surface area contributed by atoms with Crippen LogP contribution in [-0.4, -0.2) is 41.9 Å². The minimum absolute atomic E-state index is 0.0693. The number of likely N-dealkylation sites (N-methyl/N-ethyl adjacent to an activating group) is 1. The first-order valence-corrected chi connectivity index (χ1v) is 6.05. The largest absolute Gasteiger partial charge is 0.327 e. The summed E-state index contributed by atoms with van der Waals surface area (Å²) in [4.78, 5) is 25.9. The van der Waals surface area contributed by atoms with Crippen molar-refractivity contribution in [1.82, 2.24) is 9.80 Å². The lowest BCUT2D eigenvalue weighted by molar-refractivity contribution is -0.125. The minimum Gasteiger partial charge on any atom is -0.320 e. The van der Waals surface area contributed by atoms with Crippen LogP contribution in [-0.2, 0) is 11.3 Å². The van der Waals surface area contributed by atoms with E-state index in [4.69, 9.17) is 5.73 Å². The Labute approximate surface area is 116 Å². The molecule has 20 heavy (non-hydrogen) atoms. The molecule has 1 fully saturated rings. The van der Waals surface area contributed by atoms with Gasteiger partial charge in [-0.05, 0) is 17.7 Å². The van der Waals surface area contributed by atoms with E-state index >= 15 is 0 Å². The Morgan fingerprint density at radius 1 is 1.40 bits per heavy atom. The molecule has 3 amide bonds. The lowest BCUT2D eigenvalue weighted by Crippen LogP contribution is -2.31. The third-order valence-electron chi connectivity index (χ3n) is 2.93. The summed E-state index contributed by atoms with van der Waals surface area (Å²) < 4.78 is 13.5. The van der Waals surface area contributed by atoms with Crippen molar-refractivity contribution >= 4 is 11.9 Å². The van der Waals surface area contributed by atoms with Gasteiger partial charge in [0.1, 0.15) is 12.4 Å². The standard InChI is InChI=1S/C14H14FN3O2/c1-17-9-13(19)18(14(17)20)8-10-4-5-12(15)11(7-10)3-2-6-16/h4-5,7H,6,8-9,16H2,1H3. The maximum Gasteiger partial charge on any atom is 0.327 e. The molecule has 5 nitrogen and oxygen atoms in total. The summed E-state index contributed by atoms with van der Waals surface area (Å²) in [5.41, 5.74) is 6.10. The molecule has 1 aliphatic heterocycles. The highest BCUT2D eigenvalue weighted by Crippen LogP contribution is 2.15. The molecule has 1 aromatic carbocycles. The second-order valence-corrected chi connectivity index (χ2v) is 4.44. The molecule has 1 heterocycles. The lowest BCUT2D eigenvalue weighted by atomic mass is 10.1. The summed E-state index contributed by atoms with van der Waals surface area (Å²) in [6, 6.07) is 3.97. The average molecular weight is 275 g/mol. The van der Waals surface area contributed by atoms with Gasteiger partial charge in [-0.25, -0.2) is 9.18 Å². The van der Waals surface area contributed by atoms with E-state index in [9.17, 15) is 14.0 Å². The molecule has 0 atom stereocenters. The number of imide groups is 1. The molecule has 0 aliphatic carbocycles. The van der Waals surface area contributed by atoms with Gasteiger partial charge < -0.3 is 10.6 Å². The molecule has 6 heteroatoms. The first-order valence-electron chi connectivity index (χ1n) is 6.05. The highest BCUT2D eigenvalue weighted by atomic mass is 19.1. The van der Waals surface area contributed by atoms with Gasteiger partial charge in [-0.3, -0.25) is 9.69 Å². The molecule has 2 rings (SSSR count). The van der Waals surface area contributed by atoms with Crippen molar-refractivity contribution in [2.24, 2.45) is 5.73 Å². The van der Waals surface area contributed by atoms with Crippen LogP contribution in [0, 0.1) is 17.7 Å². The Kier molecular flexibility index (Phi) is 4.01. The Morgan fingerprint density at radius 3 is 2.75 bits per heavy atom. The molecule has 0 radical (unpaired) electrons. The predicted octanol–water partition coefficient (Wildman–Crippen LogP) is 0.530. The molecule has 2 N–H and O–H groups in total. The molecular formula is C14H14FN3O2. The maximum atomic E-state index is 13.5. The van der Waals surface area contributed by atoms with E-state index in [1.807, 2.05) is 0 Å². The number of nitrogens with two attached hydrogens (primary N) is 1. The van der Waals surface area contributed by atoms with Crippen LogP contribution in [0.1, 0.15) is 11.1 Å². The van der Waals surface area contributed by atoms with Gasteiger partial charge >= 0.3 is 6.03 Å². The topological polar surface area (TPSA) is 66.6 Å². The zero-order valence-electron chi connectivity index (χ0n) is 11.0. The number of carbonyl (C=O) groups is 2. The number of carbonyl (C=O) groups excluding carboxylic acids is 2. The predicted molar refractivity (Wildman–Crippen MR) is 70.9 cm³/mol. The Bertz CT molecular complexity index is 619. The van der Waals surface area contributed by atoms with Crippen LogP contribution in [0.3, 0.4) is 0 Å². The first kappa shape index (κ1) is 14.0. The van der Waals surface area contributed by atoms with Crippen molar-refractivity contribution in [3.63, 3.8) is 0 Å². The van der Waals surface area contributed by atoms with Crippen molar-refractivity contribution in [1.29, 1.82) is 0 Å². The third-order valence-corrected chi connectivity index (χ3v) is 2.93. The molecule has 0 bridgehead atoms. The van der Waals surface area contributed by atoms with Crippen LogP contribution in [0.5, 0.6) is 0 Å². The van der Waals surface area contributed by atoms with Gasteiger partial charge in [0.2, 0.25) is 0 Å². The number of amides is 3. The van der Waals surface area contributed by atoms with Gasteiger partial charge in [-0.1, -0.05) is 17.9 Å². The van der Waals surface area contributed by atoms with Crippen molar-refractivity contribution in [3.8, 4) is 11.8 Å². The first-order chi connectivity index (χ1) is 9.52. The van der Waals surface area contributed by atoms with Crippen LogP contribution in [0.15, 0.2) is 18.2 Å². The number of benzene rings is 1. The Morgan fingerprint density at radius 2 is 2.15 bits per heavy atom. The van der Waals surface area contributed by atoms with Crippen molar-refractivity contribution < 1.29 is 14.0 Å². The Hall–Kier alpha value is -2.39. The summed E-state index contributed by atoms with van der Waals surface area (Å²) in [5, 5.41) is 0. The average Bonchev–Trinajstić information content (AvgIpc) is 2.66. The van der Waals surface area contributed by atoms with Crippen LogP contribution in [0.4, 0.5) is 9.18 Å². The lowest BCUT2D eigenvalue weighted by Gasteiger charge is -2.14.